The van der Waals surface area contributed by atoms with Crippen LogP contribution in [0.2, 0.25) is 0 Å². The summed E-state index contributed by atoms with van der Waals surface area (Å²) in [7, 11) is 1.65. The maximum atomic E-state index is 12.1. The van der Waals surface area contributed by atoms with Crippen molar-refractivity contribution in [2.45, 2.75) is 44.9 Å². The summed E-state index contributed by atoms with van der Waals surface area (Å²) in [6.07, 6.45) is 0.658. The molecule has 1 amide bonds. The zero-order valence-corrected chi connectivity index (χ0v) is 16.5. The zero-order valence-electron chi connectivity index (χ0n) is 16.5. The van der Waals surface area contributed by atoms with Crippen LogP contribution in [-0.2, 0) is 21.6 Å². The minimum absolute atomic E-state index is 0.334. The van der Waals surface area contributed by atoms with Crippen molar-refractivity contribution in [3.05, 3.63) is 41.2 Å². The number of rotatable bonds is 6. The largest absolute Gasteiger partial charge is 0.497 e. The first-order valence-electron chi connectivity index (χ1n) is 9.66. The summed E-state index contributed by atoms with van der Waals surface area (Å²) in [5, 5.41) is 11.5. The monoisotopic (exact) mass is 386 g/mol. The minimum Gasteiger partial charge on any atom is -0.497 e. The number of fused-ring (bicyclic) bond motifs is 2. The van der Waals surface area contributed by atoms with Crippen LogP contribution in [-0.4, -0.2) is 41.3 Å². The van der Waals surface area contributed by atoms with Gasteiger partial charge in [-0.3, -0.25) is 0 Å². The summed E-state index contributed by atoms with van der Waals surface area (Å²) in [6, 6.07) is 7.85. The van der Waals surface area contributed by atoms with Crippen LogP contribution in [0.3, 0.4) is 0 Å². The molecule has 2 aliphatic rings. The molecule has 0 saturated carbocycles. The van der Waals surface area contributed by atoms with Crippen LogP contribution in [0.4, 0.5) is 4.79 Å². The lowest BCUT2D eigenvalue weighted by Crippen LogP contribution is -2.32. The van der Waals surface area contributed by atoms with Gasteiger partial charge in [-0.15, -0.1) is 5.10 Å². The smallest absolute Gasteiger partial charge is 0.407 e. The van der Waals surface area contributed by atoms with E-state index in [9.17, 15) is 4.79 Å². The number of amides is 1. The van der Waals surface area contributed by atoms with Crippen molar-refractivity contribution in [1.82, 2.24) is 20.3 Å². The van der Waals surface area contributed by atoms with Gasteiger partial charge in [-0.25, -0.2) is 9.48 Å². The van der Waals surface area contributed by atoms with Crippen molar-refractivity contribution < 1.29 is 19.0 Å². The molecule has 0 radical (unpaired) electrons. The van der Waals surface area contributed by atoms with Gasteiger partial charge in [-0.1, -0.05) is 31.2 Å². The number of nitrogens with one attached hydrogen (secondary N) is 1. The number of nitrogens with zero attached hydrogens (tertiary/aromatic N) is 3. The van der Waals surface area contributed by atoms with Crippen molar-refractivity contribution in [2.75, 3.05) is 20.3 Å². The van der Waals surface area contributed by atoms with E-state index in [4.69, 9.17) is 14.2 Å². The molecule has 1 spiro atoms. The van der Waals surface area contributed by atoms with E-state index in [1.165, 1.54) is 0 Å². The first-order valence-corrected chi connectivity index (χ1v) is 9.66. The van der Waals surface area contributed by atoms with Crippen molar-refractivity contribution in [1.29, 1.82) is 0 Å². The third kappa shape index (κ3) is 3.69. The number of methoxy groups -OCH3 is 1. The molecular formula is C20H26N4O4. The first kappa shape index (κ1) is 18.7. The van der Waals surface area contributed by atoms with Crippen LogP contribution in [0.5, 0.6) is 5.75 Å². The number of hydrogen-bond acceptors (Lipinski definition) is 6. The maximum Gasteiger partial charge on any atom is 0.407 e. The Bertz CT molecular complexity index is 842. The summed E-state index contributed by atoms with van der Waals surface area (Å²) in [5.41, 5.74) is 2.38. The molecule has 1 saturated heterocycles. The van der Waals surface area contributed by atoms with E-state index in [-0.39, 0.29) is 5.60 Å². The minimum atomic E-state index is -0.415. The number of carbonyl (C=O) groups is 1. The van der Waals surface area contributed by atoms with E-state index >= 15 is 0 Å². The Morgan fingerprint density at radius 2 is 2.14 bits per heavy atom. The van der Waals surface area contributed by atoms with Gasteiger partial charge in [0.1, 0.15) is 28.8 Å². The molecule has 2 heterocycles. The van der Waals surface area contributed by atoms with Crippen LogP contribution < -0.4 is 10.1 Å². The molecule has 2 atom stereocenters. The molecule has 2 aromatic rings. The van der Waals surface area contributed by atoms with E-state index in [1.54, 1.807) is 7.11 Å². The molecule has 4 rings (SSSR count). The van der Waals surface area contributed by atoms with Crippen molar-refractivity contribution in [3.63, 3.8) is 0 Å². The molecule has 8 nitrogen and oxygen atoms in total. The average Bonchev–Trinajstić information content (AvgIpc) is 3.33. The topological polar surface area (TPSA) is 90.8 Å². The fourth-order valence-electron chi connectivity index (χ4n) is 3.59. The number of hydrogen-bond donors (Lipinski definition) is 1. The number of carbonyl (C=O) groups excluding carboxylic acids is 1. The van der Waals surface area contributed by atoms with Crippen LogP contribution in [0.1, 0.15) is 49.7 Å². The predicted octanol–water partition coefficient (Wildman–Crippen LogP) is 2.78. The van der Waals surface area contributed by atoms with Crippen LogP contribution in [0.25, 0.3) is 0 Å². The third-order valence-corrected chi connectivity index (χ3v) is 5.20. The fraction of sp³-hybridized carbons (Fsp3) is 0.550. The van der Waals surface area contributed by atoms with Crippen molar-refractivity contribution in [2.24, 2.45) is 5.92 Å². The highest BCUT2D eigenvalue weighted by atomic mass is 16.6. The summed E-state index contributed by atoms with van der Waals surface area (Å²) in [5.74, 6) is 1.18. The molecule has 0 unspecified atom stereocenters. The highest BCUT2D eigenvalue weighted by molar-refractivity contribution is 5.67. The van der Waals surface area contributed by atoms with Gasteiger partial charge >= 0.3 is 6.09 Å². The summed E-state index contributed by atoms with van der Waals surface area (Å²) >= 11 is 0. The van der Waals surface area contributed by atoms with E-state index in [1.807, 2.05) is 42.8 Å². The van der Waals surface area contributed by atoms with Crippen LogP contribution in [0.15, 0.2) is 24.3 Å². The number of epoxide rings is 1. The Balaban J connectivity index is 1.53. The predicted molar refractivity (Wildman–Crippen MR) is 101 cm³/mol. The molecule has 150 valence electrons. The molecule has 1 aliphatic carbocycles. The van der Waals surface area contributed by atoms with Gasteiger partial charge in [0.2, 0.25) is 0 Å². The van der Waals surface area contributed by atoms with E-state index < -0.39 is 12.2 Å². The lowest BCUT2D eigenvalue weighted by molar-refractivity contribution is 0.0721. The SMILES string of the molecule is COc1ccc(Cn2nnc3c2[C@]2(CC[C@H]3OC(=O)NCC(C)C)CO2)cc1. The molecular weight excluding hydrogens is 360 g/mol. The summed E-state index contributed by atoms with van der Waals surface area (Å²) < 4.78 is 18.5. The summed E-state index contributed by atoms with van der Waals surface area (Å²) in [6.45, 7) is 5.89. The van der Waals surface area contributed by atoms with Crippen LogP contribution >= 0.6 is 0 Å². The zero-order chi connectivity index (χ0) is 19.7. The highest BCUT2D eigenvalue weighted by Gasteiger charge is 2.55. The average molecular weight is 386 g/mol. The van der Waals surface area contributed by atoms with Crippen molar-refractivity contribution in [3.8, 4) is 5.75 Å². The molecule has 1 fully saturated rings. The first-order chi connectivity index (χ1) is 13.5. The number of alkyl carbamates (subject to hydrolysis) is 1. The van der Waals surface area contributed by atoms with Gasteiger partial charge in [-0.2, -0.15) is 0 Å². The van der Waals surface area contributed by atoms with Gasteiger partial charge in [0.25, 0.3) is 0 Å². The Morgan fingerprint density at radius 1 is 1.39 bits per heavy atom. The Morgan fingerprint density at radius 3 is 2.79 bits per heavy atom. The molecule has 1 aromatic heterocycles. The number of aromatic nitrogens is 3. The second-order valence-corrected chi connectivity index (χ2v) is 7.82. The fourth-order valence-corrected chi connectivity index (χ4v) is 3.59. The quantitative estimate of drug-likeness (QED) is 0.768. The number of ether oxygens (including phenoxy) is 3. The van der Waals surface area contributed by atoms with E-state index in [2.05, 4.69) is 15.6 Å². The van der Waals surface area contributed by atoms with E-state index in [0.29, 0.717) is 37.7 Å². The summed E-state index contributed by atoms with van der Waals surface area (Å²) in [4.78, 5) is 12.1. The van der Waals surface area contributed by atoms with Gasteiger partial charge < -0.3 is 19.5 Å². The van der Waals surface area contributed by atoms with Gasteiger partial charge in [-0.05, 0) is 36.5 Å². The lowest BCUT2D eigenvalue weighted by Gasteiger charge is -2.26. The van der Waals surface area contributed by atoms with Gasteiger partial charge in [0, 0.05) is 6.54 Å². The molecule has 0 bridgehead atoms. The third-order valence-electron chi connectivity index (χ3n) is 5.20. The number of benzene rings is 1. The Kier molecular flexibility index (Phi) is 4.97. The molecule has 1 N–H and O–H groups in total. The molecule has 8 heteroatoms. The molecule has 28 heavy (non-hydrogen) atoms. The molecule has 1 aromatic carbocycles. The second kappa shape index (κ2) is 7.43. The standard InChI is InChI=1S/C20H26N4O4/c1-13(2)10-21-19(25)28-16-8-9-20(12-27-20)18-17(16)22-23-24(18)11-14-4-6-15(26-3)7-5-14/h4-7,13,16H,8-12H2,1-3H3,(H,21,25)/t16-,20+/m1/s1. The molecule has 1 aliphatic heterocycles. The second-order valence-electron chi connectivity index (χ2n) is 7.82. The normalized spacial score (nSPS) is 22.8. The van der Waals surface area contributed by atoms with E-state index in [0.717, 1.165) is 23.4 Å². The Labute approximate surface area is 164 Å². The maximum absolute atomic E-state index is 12.1. The van der Waals surface area contributed by atoms with Gasteiger partial charge in [0.15, 0.2) is 0 Å². The van der Waals surface area contributed by atoms with Crippen molar-refractivity contribution >= 4 is 6.09 Å². The van der Waals surface area contributed by atoms with Crippen LogP contribution in [0, 0.1) is 5.92 Å². The Hall–Kier alpha value is -2.61. The highest BCUT2D eigenvalue weighted by Crippen LogP contribution is 2.51. The van der Waals surface area contributed by atoms with Gasteiger partial charge in [0.05, 0.1) is 20.3 Å². The lowest BCUT2D eigenvalue weighted by atomic mass is 9.88.